The van der Waals surface area contributed by atoms with E-state index in [9.17, 15) is 4.79 Å². The molecule has 8 heteroatoms. The van der Waals surface area contributed by atoms with Crippen molar-refractivity contribution in [3.63, 3.8) is 0 Å². The summed E-state index contributed by atoms with van der Waals surface area (Å²) in [5, 5.41) is 4.24. The topological polar surface area (TPSA) is 72.8 Å². The summed E-state index contributed by atoms with van der Waals surface area (Å²) in [5.74, 6) is 0.840. The molecule has 0 fully saturated rings. The van der Waals surface area contributed by atoms with Gasteiger partial charge in [-0.05, 0) is 25.1 Å². The standard InChI is InChI=1S/C17H18ClN3O3S/c1-11(25-14-6-4-5-12(18)7-14)17(22)21-20-9-13-8-15(23-2)16(24-3)10-19-13/h4-11H,1-3H3,(H,21,22)/b20-9-. The number of carbonyl (C=O) groups excluding carboxylic acids is 1. The van der Waals surface area contributed by atoms with Crippen LogP contribution in [0.4, 0.5) is 0 Å². The van der Waals surface area contributed by atoms with Crippen molar-refractivity contribution in [2.45, 2.75) is 17.1 Å². The summed E-state index contributed by atoms with van der Waals surface area (Å²) in [7, 11) is 3.07. The third-order valence-electron chi connectivity index (χ3n) is 3.14. The van der Waals surface area contributed by atoms with Gasteiger partial charge in [0.1, 0.15) is 0 Å². The number of methoxy groups -OCH3 is 2. The predicted molar refractivity (Wildman–Crippen MR) is 99.8 cm³/mol. The lowest BCUT2D eigenvalue weighted by molar-refractivity contribution is -0.120. The van der Waals surface area contributed by atoms with E-state index in [0.717, 1.165) is 4.90 Å². The second-order valence-corrected chi connectivity index (χ2v) is 6.77. The Bertz CT molecular complexity index is 771. The Morgan fingerprint density at radius 3 is 2.76 bits per heavy atom. The van der Waals surface area contributed by atoms with Crippen molar-refractivity contribution in [1.29, 1.82) is 0 Å². The Labute approximate surface area is 155 Å². The van der Waals surface area contributed by atoms with Crippen LogP contribution >= 0.6 is 23.4 Å². The number of ether oxygens (including phenoxy) is 2. The molecule has 0 radical (unpaired) electrons. The van der Waals surface area contributed by atoms with E-state index in [1.807, 2.05) is 18.2 Å². The summed E-state index contributed by atoms with van der Waals surface area (Å²) < 4.78 is 10.3. The Balaban J connectivity index is 1.93. The van der Waals surface area contributed by atoms with E-state index < -0.39 is 0 Å². The van der Waals surface area contributed by atoms with Crippen LogP contribution < -0.4 is 14.9 Å². The van der Waals surface area contributed by atoms with Crippen LogP contribution in [0.3, 0.4) is 0 Å². The largest absolute Gasteiger partial charge is 0.493 e. The summed E-state index contributed by atoms with van der Waals surface area (Å²) in [5.41, 5.74) is 3.03. The highest BCUT2D eigenvalue weighted by atomic mass is 35.5. The molecule has 1 unspecified atom stereocenters. The maximum Gasteiger partial charge on any atom is 0.253 e. The second-order valence-electron chi connectivity index (χ2n) is 4.92. The van der Waals surface area contributed by atoms with Crippen molar-refractivity contribution < 1.29 is 14.3 Å². The van der Waals surface area contributed by atoms with Gasteiger partial charge in [0.2, 0.25) is 0 Å². The quantitative estimate of drug-likeness (QED) is 0.453. The van der Waals surface area contributed by atoms with Crippen molar-refractivity contribution in [2.24, 2.45) is 5.10 Å². The molecule has 1 N–H and O–H groups in total. The molecule has 0 saturated carbocycles. The first-order chi connectivity index (χ1) is 12.0. The van der Waals surface area contributed by atoms with Crippen molar-refractivity contribution in [1.82, 2.24) is 10.4 Å². The highest BCUT2D eigenvalue weighted by Gasteiger charge is 2.14. The van der Waals surface area contributed by atoms with Gasteiger partial charge >= 0.3 is 0 Å². The zero-order chi connectivity index (χ0) is 18.2. The van der Waals surface area contributed by atoms with Crippen LogP contribution in [0.2, 0.25) is 5.02 Å². The first-order valence-electron chi connectivity index (χ1n) is 7.36. The number of carbonyl (C=O) groups is 1. The molecule has 0 spiro atoms. The zero-order valence-electron chi connectivity index (χ0n) is 14.0. The lowest BCUT2D eigenvalue weighted by atomic mass is 10.3. The maximum absolute atomic E-state index is 12.1. The minimum atomic E-state index is -0.325. The summed E-state index contributed by atoms with van der Waals surface area (Å²) in [4.78, 5) is 17.2. The third-order valence-corrected chi connectivity index (χ3v) is 4.47. The van der Waals surface area contributed by atoms with Gasteiger partial charge in [0.25, 0.3) is 5.91 Å². The number of thioether (sulfide) groups is 1. The Morgan fingerprint density at radius 1 is 1.32 bits per heavy atom. The SMILES string of the molecule is COc1cnc(/C=N\NC(=O)C(C)Sc2cccc(Cl)c2)cc1OC. The number of hydrazone groups is 1. The fourth-order valence-corrected chi connectivity index (χ4v) is 3.05. The summed E-state index contributed by atoms with van der Waals surface area (Å²) in [6.07, 6.45) is 2.97. The minimum absolute atomic E-state index is 0.221. The van der Waals surface area contributed by atoms with Crippen molar-refractivity contribution >= 4 is 35.5 Å². The van der Waals surface area contributed by atoms with Crippen LogP contribution in [-0.4, -0.2) is 36.6 Å². The van der Waals surface area contributed by atoms with Crippen LogP contribution in [-0.2, 0) is 4.79 Å². The van der Waals surface area contributed by atoms with E-state index in [2.05, 4.69) is 15.5 Å². The molecular weight excluding hydrogens is 362 g/mol. The van der Waals surface area contributed by atoms with E-state index in [4.69, 9.17) is 21.1 Å². The van der Waals surface area contributed by atoms with Crippen molar-refractivity contribution in [3.05, 3.63) is 47.2 Å². The van der Waals surface area contributed by atoms with Gasteiger partial charge in [0.15, 0.2) is 11.5 Å². The molecule has 0 saturated heterocycles. The van der Waals surface area contributed by atoms with Crippen LogP contribution in [0.25, 0.3) is 0 Å². The molecule has 1 amide bonds. The summed E-state index contributed by atoms with van der Waals surface area (Å²) in [6.45, 7) is 1.80. The molecule has 1 aromatic carbocycles. The van der Waals surface area contributed by atoms with E-state index in [0.29, 0.717) is 22.2 Å². The Hall–Kier alpha value is -2.25. The number of pyridine rings is 1. The number of benzene rings is 1. The molecule has 0 aliphatic heterocycles. The molecule has 25 heavy (non-hydrogen) atoms. The number of nitrogens with one attached hydrogen (secondary N) is 1. The maximum atomic E-state index is 12.1. The van der Waals surface area contributed by atoms with Gasteiger partial charge in [-0.25, -0.2) is 5.43 Å². The van der Waals surface area contributed by atoms with E-state index >= 15 is 0 Å². The van der Waals surface area contributed by atoms with Crippen LogP contribution in [0.1, 0.15) is 12.6 Å². The molecule has 1 atom stereocenters. The number of rotatable bonds is 7. The first kappa shape index (κ1) is 19.1. The average molecular weight is 380 g/mol. The average Bonchev–Trinajstić information content (AvgIpc) is 2.61. The molecule has 1 heterocycles. The van der Waals surface area contributed by atoms with Gasteiger partial charge in [0, 0.05) is 16.0 Å². The zero-order valence-corrected chi connectivity index (χ0v) is 15.6. The molecule has 0 aliphatic carbocycles. The number of hydrogen-bond acceptors (Lipinski definition) is 6. The molecule has 2 rings (SSSR count). The van der Waals surface area contributed by atoms with Gasteiger partial charge in [-0.3, -0.25) is 9.78 Å². The van der Waals surface area contributed by atoms with Gasteiger partial charge in [-0.1, -0.05) is 17.7 Å². The lowest BCUT2D eigenvalue weighted by Gasteiger charge is -2.09. The monoisotopic (exact) mass is 379 g/mol. The third kappa shape index (κ3) is 5.65. The lowest BCUT2D eigenvalue weighted by Crippen LogP contribution is -2.26. The van der Waals surface area contributed by atoms with Gasteiger partial charge < -0.3 is 9.47 Å². The number of nitrogens with zero attached hydrogens (tertiary/aromatic N) is 2. The van der Waals surface area contributed by atoms with Crippen molar-refractivity contribution in [2.75, 3.05) is 14.2 Å². The second kappa shape index (κ2) is 9.29. The minimum Gasteiger partial charge on any atom is -0.493 e. The number of hydrogen-bond donors (Lipinski definition) is 1. The molecule has 0 bridgehead atoms. The highest BCUT2D eigenvalue weighted by Crippen LogP contribution is 2.26. The van der Waals surface area contributed by atoms with Crippen molar-refractivity contribution in [3.8, 4) is 11.5 Å². The highest BCUT2D eigenvalue weighted by molar-refractivity contribution is 8.00. The van der Waals surface area contributed by atoms with E-state index in [1.54, 1.807) is 19.1 Å². The van der Waals surface area contributed by atoms with Crippen LogP contribution in [0, 0.1) is 0 Å². The molecule has 132 valence electrons. The number of aromatic nitrogens is 1. The molecule has 2 aromatic rings. The normalized spacial score (nSPS) is 12.0. The molecule has 1 aromatic heterocycles. The van der Waals surface area contributed by atoms with Crippen LogP contribution in [0.15, 0.2) is 46.5 Å². The summed E-state index contributed by atoms with van der Waals surface area (Å²) in [6, 6.07) is 9.01. The van der Waals surface area contributed by atoms with E-state index in [-0.39, 0.29) is 11.2 Å². The van der Waals surface area contributed by atoms with Gasteiger partial charge in [0.05, 0.1) is 37.6 Å². The molecular formula is C17H18ClN3O3S. The Kier molecular flexibility index (Phi) is 7.09. The van der Waals surface area contributed by atoms with E-state index in [1.165, 1.54) is 38.4 Å². The molecule has 0 aliphatic rings. The fraction of sp³-hybridized carbons (Fsp3) is 0.235. The Morgan fingerprint density at radius 2 is 2.08 bits per heavy atom. The summed E-state index contributed by atoms with van der Waals surface area (Å²) >= 11 is 7.34. The smallest absolute Gasteiger partial charge is 0.253 e. The number of amides is 1. The van der Waals surface area contributed by atoms with Gasteiger partial charge in [-0.15, -0.1) is 11.8 Å². The predicted octanol–water partition coefficient (Wildman–Crippen LogP) is 3.38. The van der Waals surface area contributed by atoms with Gasteiger partial charge in [-0.2, -0.15) is 5.10 Å². The molecule has 6 nitrogen and oxygen atoms in total. The first-order valence-corrected chi connectivity index (χ1v) is 8.62. The number of halogens is 1. The fourth-order valence-electron chi connectivity index (χ4n) is 1.87. The van der Waals surface area contributed by atoms with Crippen LogP contribution in [0.5, 0.6) is 11.5 Å².